The maximum atomic E-state index is 10.7. The van der Waals surface area contributed by atoms with E-state index in [1.807, 2.05) is 0 Å². The van der Waals surface area contributed by atoms with Gasteiger partial charge in [-0.15, -0.1) is 0 Å². The molecule has 0 aromatic heterocycles. The molecule has 3 rings (SSSR count). The number of carboxylic acids is 1. The van der Waals surface area contributed by atoms with Crippen LogP contribution in [0, 0.1) is 17.8 Å². The lowest BCUT2D eigenvalue weighted by Crippen LogP contribution is -2.18. The van der Waals surface area contributed by atoms with Gasteiger partial charge in [0, 0.05) is 11.7 Å². The molecule has 156 valence electrons. The molecule has 0 unspecified atom stereocenters. The molecule has 3 heteroatoms. The molecule has 0 heterocycles. The first-order valence-electron chi connectivity index (χ1n) is 11.6. The molecule has 2 saturated carbocycles. The molecule has 28 heavy (non-hydrogen) atoms. The highest BCUT2D eigenvalue weighted by Gasteiger charge is 2.23. The zero-order valence-corrected chi connectivity index (χ0v) is 18.2. The Balaban J connectivity index is 1.29. The van der Waals surface area contributed by atoms with E-state index in [0.717, 1.165) is 23.3 Å². The van der Waals surface area contributed by atoms with Crippen LogP contribution in [0.4, 0.5) is 0 Å². The predicted octanol–water partition coefficient (Wildman–Crippen LogP) is 6.71. The van der Waals surface area contributed by atoms with Crippen LogP contribution in [-0.2, 0) is 17.6 Å². The van der Waals surface area contributed by atoms with E-state index in [1.165, 1.54) is 82.6 Å². The third kappa shape index (κ3) is 7.46. The maximum Gasteiger partial charge on any atom is 0.303 e. The van der Waals surface area contributed by atoms with Crippen molar-refractivity contribution in [1.82, 2.24) is 0 Å². The lowest BCUT2D eigenvalue weighted by molar-refractivity contribution is -0.136. The van der Waals surface area contributed by atoms with Crippen LogP contribution in [0.2, 0.25) is 0 Å². The van der Waals surface area contributed by atoms with E-state index in [4.69, 9.17) is 5.11 Å². The summed E-state index contributed by atoms with van der Waals surface area (Å²) in [4.78, 5) is 10.7. The fraction of sp³-hybridized carbons (Fsp3) is 0.720. The van der Waals surface area contributed by atoms with E-state index in [1.54, 1.807) is 0 Å². The van der Waals surface area contributed by atoms with Gasteiger partial charge in [0.25, 0.3) is 0 Å². The van der Waals surface area contributed by atoms with E-state index >= 15 is 0 Å². The summed E-state index contributed by atoms with van der Waals surface area (Å²) in [6.45, 7) is 0. The summed E-state index contributed by atoms with van der Waals surface area (Å²) >= 11 is 4.63. The van der Waals surface area contributed by atoms with E-state index in [-0.39, 0.29) is 6.42 Å². The van der Waals surface area contributed by atoms with Crippen molar-refractivity contribution in [3.05, 3.63) is 35.4 Å². The van der Waals surface area contributed by atoms with Gasteiger partial charge in [-0.3, -0.25) is 4.79 Å². The highest BCUT2D eigenvalue weighted by Crippen LogP contribution is 2.37. The van der Waals surface area contributed by atoms with Gasteiger partial charge < -0.3 is 5.11 Å². The zero-order chi connectivity index (χ0) is 19.8. The summed E-state index contributed by atoms with van der Waals surface area (Å²) < 4.78 is 0. The summed E-state index contributed by atoms with van der Waals surface area (Å²) in [6, 6.07) is 8.61. The number of rotatable bonds is 9. The normalized spacial score (nSPS) is 28.2. The van der Waals surface area contributed by atoms with Crippen molar-refractivity contribution < 1.29 is 9.90 Å². The Morgan fingerprint density at radius 1 is 0.750 bits per heavy atom. The van der Waals surface area contributed by atoms with E-state index in [9.17, 15) is 4.79 Å². The smallest absolute Gasteiger partial charge is 0.303 e. The molecule has 2 aliphatic carbocycles. The number of aryl methyl sites for hydroxylation is 2. The second-order valence-corrected chi connectivity index (χ2v) is 10.1. The van der Waals surface area contributed by atoms with Crippen LogP contribution < -0.4 is 0 Å². The van der Waals surface area contributed by atoms with E-state index in [2.05, 4.69) is 36.9 Å². The lowest BCUT2D eigenvalue weighted by atomic mass is 9.76. The molecule has 2 nitrogen and oxygen atoms in total. The van der Waals surface area contributed by atoms with Crippen LogP contribution in [0.3, 0.4) is 0 Å². The highest BCUT2D eigenvalue weighted by atomic mass is 32.1. The molecule has 1 aromatic rings. The average molecular weight is 403 g/mol. The minimum atomic E-state index is -0.718. The number of benzene rings is 1. The molecule has 2 fully saturated rings. The SMILES string of the molecule is O=C(O)CCc1ccc(CCC2CCC(CCC3CCC(S)CC3)CC2)cc1. The van der Waals surface area contributed by atoms with Crippen LogP contribution in [0.25, 0.3) is 0 Å². The predicted molar refractivity (Wildman–Crippen MR) is 120 cm³/mol. The maximum absolute atomic E-state index is 10.7. The Labute approximate surface area is 176 Å². The van der Waals surface area contributed by atoms with Crippen molar-refractivity contribution >= 4 is 18.6 Å². The first-order chi connectivity index (χ1) is 13.6. The van der Waals surface area contributed by atoms with Gasteiger partial charge in [-0.25, -0.2) is 0 Å². The van der Waals surface area contributed by atoms with Crippen molar-refractivity contribution in [3.8, 4) is 0 Å². The molecule has 0 atom stereocenters. The fourth-order valence-electron chi connectivity index (χ4n) is 5.21. The number of aliphatic carboxylic acids is 1. The summed E-state index contributed by atoms with van der Waals surface area (Å²) in [5.74, 6) is 2.16. The molecule has 1 N–H and O–H groups in total. The molecule has 0 bridgehead atoms. The van der Waals surface area contributed by atoms with Gasteiger partial charge in [0.15, 0.2) is 0 Å². The Hall–Kier alpha value is -0.960. The molecule has 0 aliphatic heterocycles. The van der Waals surface area contributed by atoms with Gasteiger partial charge >= 0.3 is 5.97 Å². The second-order valence-electron chi connectivity index (χ2n) is 9.39. The number of carbonyl (C=O) groups is 1. The first kappa shape index (κ1) is 21.7. The first-order valence-corrected chi connectivity index (χ1v) is 12.1. The molecular weight excluding hydrogens is 364 g/mol. The Bertz CT molecular complexity index is 581. The van der Waals surface area contributed by atoms with Crippen molar-refractivity contribution in [2.45, 2.75) is 95.1 Å². The van der Waals surface area contributed by atoms with Gasteiger partial charge in [0.05, 0.1) is 0 Å². The molecule has 0 saturated heterocycles. The van der Waals surface area contributed by atoms with Crippen molar-refractivity contribution in [3.63, 3.8) is 0 Å². The Morgan fingerprint density at radius 3 is 1.68 bits per heavy atom. The van der Waals surface area contributed by atoms with Gasteiger partial charge in [0.2, 0.25) is 0 Å². The van der Waals surface area contributed by atoms with E-state index < -0.39 is 5.97 Å². The third-order valence-corrected chi connectivity index (χ3v) is 7.77. The van der Waals surface area contributed by atoms with Crippen molar-refractivity contribution in [1.29, 1.82) is 0 Å². The minimum Gasteiger partial charge on any atom is -0.481 e. The monoisotopic (exact) mass is 402 g/mol. The minimum absolute atomic E-state index is 0.221. The summed E-state index contributed by atoms with van der Waals surface area (Å²) in [5.41, 5.74) is 2.54. The molecule has 2 aliphatic rings. The average Bonchev–Trinajstić information content (AvgIpc) is 2.72. The molecule has 0 amide bonds. The number of thiol groups is 1. The largest absolute Gasteiger partial charge is 0.481 e. The number of carboxylic acid groups (broad SMARTS) is 1. The van der Waals surface area contributed by atoms with Crippen LogP contribution in [0.5, 0.6) is 0 Å². The van der Waals surface area contributed by atoms with E-state index in [0.29, 0.717) is 11.7 Å². The van der Waals surface area contributed by atoms with Crippen molar-refractivity contribution in [2.75, 3.05) is 0 Å². The molecular formula is C25H38O2S. The van der Waals surface area contributed by atoms with Gasteiger partial charge in [-0.05, 0) is 73.8 Å². The fourth-order valence-corrected chi connectivity index (χ4v) is 5.51. The highest BCUT2D eigenvalue weighted by molar-refractivity contribution is 7.80. The summed E-state index contributed by atoms with van der Waals surface area (Å²) in [7, 11) is 0. The molecule has 0 radical (unpaired) electrons. The van der Waals surface area contributed by atoms with Crippen molar-refractivity contribution in [2.24, 2.45) is 17.8 Å². The second kappa shape index (κ2) is 11.3. The summed E-state index contributed by atoms with van der Waals surface area (Å²) in [6.07, 6.45) is 17.5. The molecule has 0 spiro atoms. The van der Waals surface area contributed by atoms with Gasteiger partial charge in [-0.1, -0.05) is 62.8 Å². The number of hydrogen-bond acceptors (Lipinski definition) is 2. The van der Waals surface area contributed by atoms with Crippen LogP contribution in [0.1, 0.15) is 88.2 Å². The Morgan fingerprint density at radius 2 is 1.18 bits per heavy atom. The van der Waals surface area contributed by atoms with Crippen LogP contribution >= 0.6 is 12.6 Å². The molecule has 1 aromatic carbocycles. The topological polar surface area (TPSA) is 37.3 Å². The van der Waals surface area contributed by atoms with Crippen LogP contribution in [0.15, 0.2) is 24.3 Å². The Kier molecular flexibility index (Phi) is 8.76. The lowest BCUT2D eigenvalue weighted by Gasteiger charge is -2.31. The number of hydrogen-bond donors (Lipinski definition) is 2. The quantitative estimate of drug-likeness (QED) is 0.450. The summed E-state index contributed by atoms with van der Waals surface area (Å²) in [5, 5.41) is 9.46. The van der Waals surface area contributed by atoms with Gasteiger partial charge in [0.1, 0.15) is 0 Å². The standard InChI is InChI=1S/C25H38O2S/c26-25(27)18-15-22-10-7-21(8-11-22)6-3-19-1-4-20(5-2-19)9-12-23-13-16-24(28)17-14-23/h7-8,10-11,19-20,23-24,28H,1-6,9,12-18H2,(H,26,27). The third-order valence-electron chi connectivity index (χ3n) is 7.26. The van der Waals surface area contributed by atoms with Gasteiger partial charge in [-0.2, -0.15) is 12.6 Å². The van der Waals surface area contributed by atoms with Crippen LogP contribution in [-0.4, -0.2) is 16.3 Å². The zero-order valence-electron chi connectivity index (χ0n) is 17.3.